The molecule has 0 saturated carbocycles. The van der Waals surface area contributed by atoms with Gasteiger partial charge in [0.25, 0.3) is 0 Å². The average Bonchev–Trinajstić information content (AvgIpc) is 3.14. The van der Waals surface area contributed by atoms with Crippen LogP contribution in [0.25, 0.3) is 0 Å². The molecule has 3 rings (SSSR count). The number of rotatable bonds is 8. The maximum absolute atomic E-state index is 5.59. The van der Waals surface area contributed by atoms with E-state index < -0.39 is 0 Å². The van der Waals surface area contributed by atoms with E-state index in [9.17, 15) is 0 Å². The normalized spacial score (nSPS) is 13.4. The molecule has 0 spiro atoms. The first kappa shape index (κ1) is 20.2. The molecule has 0 saturated heterocycles. The van der Waals surface area contributed by atoms with Gasteiger partial charge in [0, 0.05) is 26.1 Å². The fourth-order valence-corrected chi connectivity index (χ4v) is 3.43. The summed E-state index contributed by atoms with van der Waals surface area (Å²) in [5.41, 5.74) is 5.26. The summed E-state index contributed by atoms with van der Waals surface area (Å²) in [6.07, 6.45) is 1.99. The van der Waals surface area contributed by atoms with Crippen LogP contribution >= 0.6 is 0 Å². The Balaban J connectivity index is 1.57. The van der Waals surface area contributed by atoms with Crippen molar-refractivity contribution in [3.8, 4) is 5.75 Å². The Hall–Kier alpha value is -2.53. The van der Waals surface area contributed by atoms with Gasteiger partial charge in [-0.05, 0) is 55.8 Å². The molecule has 5 nitrogen and oxygen atoms in total. The van der Waals surface area contributed by atoms with Crippen molar-refractivity contribution in [2.45, 2.75) is 32.9 Å². The highest BCUT2D eigenvalue weighted by Gasteiger charge is 2.11. The third kappa shape index (κ3) is 5.73. The van der Waals surface area contributed by atoms with Crippen LogP contribution in [0.1, 0.15) is 29.2 Å². The van der Waals surface area contributed by atoms with Gasteiger partial charge in [-0.2, -0.15) is 0 Å². The van der Waals surface area contributed by atoms with Crippen molar-refractivity contribution < 1.29 is 4.74 Å². The molecule has 0 aliphatic carbocycles. The summed E-state index contributed by atoms with van der Waals surface area (Å²) in [5.74, 6) is 1.91. The fourth-order valence-electron chi connectivity index (χ4n) is 3.43. The Bertz CT molecular complexity index is 801. The number of nitrogens with zero attached hydrogens (tertiary/aromatic N) is 2. The maximum Gasteiger partial charge on any atom is 0.191 e. The number of aliphatic imine (C=N–C) groups is 1. The lowest BCUT2D eigenvalue weighted by Gasteiger charge is -2.15. The molecule has 5 heteroatoms. The lowest BCUT2D eigenvalue weighted by atomic mass is 10.1. The van der Waals surface area contributed by atoms with Gasteiger partial charge < -0.3 is 20.3 Å². The molecule has 2 aromatic carbocycles. The third-order valence-electron chi connectivity index (χ3n) is 4.82. The minimum atomic E-state index is 0.676. The van der Waals surface area contributed by atoms with Crippen molar-refractivity contribution in [3.05, 3.63) is 64.7 Å². The van der Waals surface area contributed by atoms with E-state index in [1.165, 1.54) is 22.3 Å². The van der Waals surface area contributed by atoms with Gasteiger partial charge in [0.15, 0.2) is 5.96 Å². The first-order valence-corrected chi connectivity index (χ1v) is 10.1. The SMILES string of the molecule is CCNC(=NCc1ccccc1CN(C)C)NCCc1ccc2c(c1)CCO2. The molecule has 1 aliphatic rings. The highest BCUT2D eigenvalue weighted by atomic mass is 16.5. The summed E-state index contributed by atoms with van der Waals surface area (Å²) in [6.45, 7) is 6.21. The third-order valence-corrected chi connectivity index (χ3v) is 4.82. The average molecular weight is 381 g/mol. The van der Waals surface area contributed by atoms with Gasteiger partial charge in [-0.25, -0.2) is 4.99 Å². The van der Waals surface area contributed by atoms with Crippen molar-refractivity contribution in [2.24, 2.45) is 4.99 Å². The van der Waals surface area contributed by atoms with Gasteiger partial charge in [-0.3, -0.25) is 0 Å². The standard InChI is InChI=1S/C23H32N4O/c1-4-24-23(26-16-20-7-5-6-8-21(20)17-27(2)3)25-13-11-18-9-10-22-19(15-18)12-14-28-22/h5-10,15H,4,11-14,16-17H2,1-3H3,(H2,24,25,26). The lowest BCUT2D eigenvalue weighted by molar-refractivity contribution is 0.357. The van der Waals surface area contributed by atoms with E-state index in [2.05, 4.69) is 79.0 Å². The highest BCUT2D eigenvalue weighted by Crippen LogP contribution is 2.25. The zero-order valence-corrected chi connectivity index (χ0v) is 17.3. The molecular weight excluding hydrogens is 348 g/mol. The summed E-state index contributed by atoms with van der Waals surface area (Å²) in [4.78, 5) is 6.98. The quantitative estimate of drug-likeness (QED) is 0.546. The summed E-state index contributed by atoms with van der Waals surface area (Å²) >= 11 is 0. The van der Waals surface area contributed by atoms with Crippen molar-refractivity contribution in [1.29, 1.82) is 0 Å². The van der Waals surface area contributed by atoms with E-state index in [0.29, 0.717) is 6.54 Å². The number of nitrogens with one attached hydrogen (secondary N) is 2. The molecule has 28 heavy (non-hydrogen) atoms. The molecule has 1 aliphatic heterocycles. The smallest absolute Gasteiger partial charge is 0.191 e. The van der Waals surface area contributed by atoms with E-state index in [1.807, 2.05) is 0 Å². The zero-order chi connectivity index (χ0) is 19.8. The van der Waals surface area contributed by atoms with Crippen LogP contribution in [0.15, 0.2) is 47.5 Å². The summed E-state index contributed by atoms with van der Waals surface area (Å²) in [7, 11) is 4.19. The molecule has 1 heterocycles. The molecule has 2 N–H and O–H groups in total. The number of benzene rings is 2. The number of guanidine groups is 1. The molecular formula is C23H32N4O. The van der Waals surface area contributed by atoms with E-state index in [1.54, 1.807) is 0 Å². The monoisotopic (exact) mass is 380 g/mol. The molecule has 0 bridgehead atoms. The Morgan fingerprint density at radius 3 is 2.71 bits per heavy atom. The van der Waals surface area contributed by atoms with E-state index >= 15 is 0 Å². The number of ether oxygens (including phenoxy) is 1. The molecule has 0 atom stereocenters. The molecule has 0 unspecified atom stereocenters. The predicted octanol–water partition coefficient (Wildman–Crippen LogP) is 2.98. The summed E-state index contributed by atoms with van der Waals surface area (Å²) in [6, 6.07) is 15.1. The summed E-state index contributed by atoms with van der Waals surface area (Å²) in [5, 5.41) is 6.81. The molecule has 2 aromatic rings. The van der Waals surface area contributed by atoms with Crippen LogP contribution in [-0.4, -0.2) is 44.7 Å². The largest absolute Gasteiger partial charge is 0.493 e. The van der Waals surface area contributed by atoms with Gasteiger partial charge in [-0.1, -0.05) is 36.4 Å². The Labute approximate surface area is 168 Å². The number of fused-ring (bicyclic) bond motifs is 1. The molecule has 0 aromatic heterocycles. The van der Waals surface area contributed by atoms with Crippen molar-refractivity contribution in [3.63, 3.8) is 0 Å². The first-order chi connectivity index (χ1) is 13.7. The Kier molecular flexibility index (Phi) is 7.31. The van der Waals surface area contributed by atoms with Crippen LogP contribution in [-0.2, 0) is 25.9 Å². The van der Waals surface area contributed by atoms with Gasteiger partial charge >= 0.3 is 0 Å². The van der Waals surface area contributed by atoms with Crippen molar-refractivity contribution in [2.75, 3.05) is 33.8 Å². The van der Waals surface area contributed by atoms with Crippen LogP contribution in [0.3, 0.4) is 0 Å². The molecule has 0 amide bonds. The second-order valence-electron chi connectivity index (χ2n) is 7.42. The first-order valence-electron chi connectivity index (χ1n) is 10.1. The predicted molar refractivity (Wildman–Crippen MR) is 116 cm³/mol. The Morgan fingerprint density at radius 2 is 1.93 bits per heavy atom. The van der Waals surface area contributed by atoms with Gasteiger partial charge in [0.2, 0.25) is 0 Å². The van der Waals surface area contributed by atoms with Crippen LogP contribution in [0.2, 0.25) is 0 Å². The van der Waals surface area contributed by atoms with Crippen molar-refractivity contribution in [1.82, 2.24) is 15.5 Å². The Morgan fingerprint density at radius 1 is 1.11 bits per heavy atom. The zero-order valence-electron chi connectivity index (χ0n) is 17.3. The van der Waals surface area contributed by atoms with Gasteiger partial charge in [-0.15, -0.1) is 0 Å². The lowest BCUT2D eigenvalue weighted by Crippen LogP contribution is -2.38. The van der Waals surface area contributed by atoms with E-state index in [-0.39, 0.29) is 0 Å². The molecule has 0 fully saturated rings. The summed E-state index contributed by atoms with van der Waals surface area (Å²) < 4.78 is 5.59. The highest BCUT2D eigenvalue weighted by molar-refractivity contribution is 5.79. The minimum Gasteiger partial charge on any atom is -0.493 e. The second kappa shape index (κ2) is 10.1. The van der Waals surface area contributed by atoms with E-state index in [4.69, 9.17) is 9.73 Å². The molecule has 150 valence electrons. The maximum atomic E-state index is 5.59. The van der Waals surface area contributed by atoms with Crippen LogP contribution in [0, 0.1) is 0 Å². The fraction of sp³-hybridized carbons (Fsp3) is 0.435. The second-order valence-corrected chi connectivity index (χ2v) is 7.42. The van der Waals surface area contributed by atoms with Crippen LogP contribution in [0.5, 0.6) is 5.75 Å². The van der Waals surface area contributed by atoms with Crippen LogP contribution < -0.4 is 15.4 Å². The molecule has 0 radical (unpaired) electrons. The van der Waals surface area contributed by atoms with Crippen molar-refractivity contribution >= 4 is 5.96 Å². The van der Waals surface area contributed by atoms with Gasteiger partial charge in [0.05, 0.1) is 13.2 Å². The number of hydrogen-bond donors (Lipinski definition) is 2. The minimum absolute atomic E-state index is 0.676. The number of hydrogen-bond acceptors (Lipinski definition) is 3. The van der Waals surface area contributed by atoms with E-state index in [0.717, 1.165) is 50.8 Å². The van der Waals surface area contributed by atoms with Crippen LogP contribution in [0.4, 0.5) is 0 Å². The topological polar surface area (TPSA) is 48.9 Å². The van der Waals surface area contributed by atoms with Gasteiger partial charge in [0.1, 0.15) is 5.75 Å².